The summed E-state index contributed by atoms with van der Waals surface area (Å²) in [5, 5.41) is 8.83. The van der Waals surface area contributed by atoms with Gasteiger partial charge in [-0.3, -0.25) is 4.57 Å². The number of imidazole rings is 1. The molecule has 1 aromatic carbocycles. The quantitative estimate of drug-likeness (QED) is 0.622. The van der Waals surface area contributed by atoms with Crippen molar-refractivity contribution in [1.82, 2.24) is 19.5 Å². The standard InChI is InChI=1S/C17H13N5O4S/c1-27(23,24)17-19-7-5-15(21-17)22-12(4-6-18)9-20-16(22)11-2-3-13-14(8-11)26-10-25-13/h2-3,5,7-9H,4,10H2,1H3. The molecule has 4 rings (SSSR count). The van der Waals surface area contributed by atoms with Crippen LogP contribution in [-0.4, -0.2) is 41.0 Å². The van der Waals surface area contributed by atoms with Gasteiger partial charge in [-0.1, -0.05) is 0 Å². The van der Waals surface area contributed by atoms with E-state index in [-0.39, 0.29) is 18.4 Å². The van der Waals surface area contributed by atoms with Crippen LogP contribution in [0.4, 0.5) is 0 Å². The molecule has 27 heavy (non-hydrogen) atoms. The van der Waals surface area contributed by atoms with Gasteiger partial charge in [0, 0.05) is 18.0 Å². The average Bonchev–Trinajstić information content (AvgIpc) is 3.27. The fourth-order valence-corrected chi connectivity index (χ4v) is 3.23. The molecule has 0 saturated heterocycles. The van der Waals surface area contributed by atoms with Gasteiger partial charge in [-0.25, -0.2) is 23.4 Å². The van der Waals surface area contributed by atoms with Gasteiger partial charge in [-0.15, -0.1) is 0 Å². The molecular weight excluding hydrogens is 370 g/mol. The van der Waals surface area contributed by atoms with Crippen molar-refractivity contribution < 1.29 is 17.9 Å². The minimum absolute atomic E-state index is 0.0791. The van der Waals surface area contributed by atoms with Gasteiger partial charge >= 0.3 is 0 Å². The third kappa shape index (κ3) is 3.09. The average molecular weight is 383 g/mol. The van der Waals surface area contributed by atoms with E-state index in [0.29, 0.717) is 34.4 Å². The second-order valence-electron chi connectivity index (χ2n) is 5.78. The van der Waals surface area contributed by atoms with Gasteiger partial charge in [0.1, 0.15) is 11.6 Å². The number of fused-ring (bicyclic) bond motifs is 1. The van der Waals surface area contributed by atoms with Gasteiger partial charge in [-0.05, 0) is 24.3 Å². The van der Waals surface area contributed by atoms with Gasteiger partial charge in [-0.2, -0.15) is 5.26 Å². The Hall–Kier alpha value is -3.45. The van der Waals surface area contributed by atoms with Crippen molar-refractivity contribution in [3.63, 3.8) is 0 Å². The maximum absolute atomic E-state index is 11.8. The summed E-state index contributed by atoms with van der Waals surface area (Å²) < 4.78 is 36.0. The Kier molecular flexibility index (Phi) is 4.01. The lowest BCUT2D eigenvalue weighted by Crippen LogP contribution is -2.10. The van der Waals surface area contributed by atoms with E-state index in [1.165, 1.54) is 6.20 Å². The second kappa shape index (κ2) is 6.37. The highest BCUT2D eigenvalue weighted by Crippen LogP contribution is 2.36. The Labute approximate surface area is 154 Å². The lowest BCUT2D eigenvalue weighted by Gasteiger charge is -2.11. The van der Waals surface area contributed by atoms with Crippen LogP contribution in [0.3, 0.4) is 0 Å². The molecule has 0 radical (unpaired) electrons. The summed E-state index contributed by atoms with van der Waals surface area (Å²) in [5.41, 5.74) is 1.28. The molecule has 9 nitrogen and oxygen atoms in total. The first kappa shape index (κ1) is 17.0. The third-order valence-corrected chi connectivity index (χ3v) is 4.77. The predicted octanol–water partition coefficient (Wildman–Crippen LogP) is 1.53. The van der Waals surface area contributed by atoms with Crippen LogP contribution in [0.25, 0.3) is 17.2 Å². The van der Waals surface area contributed by atoms with E-state index < -0.39 is 9.84 Å². The Balaban J connectivity index is 1.90. The van der Waals surface area contributed by atoms with Gasteiger partial charge in [0.05, 0.1) is 24.4 Å². The summed E-state index contributed by atoms with van der Waals surface area (Å²) in [6.07, 6.45) is 4.04. The zero-order valence-electron chi connectivity index (χ0n) is 14.2. The Bertz CT molecular complexity index is 1180. The lowest BCUT2D eigenvalue weighted by atomic mass is 10.2. The molecule has 3 aromatic rings. The van der Waals surface area contributed by atoms with E-state index in [2.05, 4.69) is 21.0 Å². The highest BCUT2D eigenvalue weighted by Gasteiger charge is 2.20. The summed E-state index contributed by atoms with van der Waals surface area (Å²) in [6.45, 7) is 0.149. The molecule has 0 fully saturated rings. The smallest absolute Gasteiger partial charge is 0.248 e. The molecule has 136 valence electrons. The Morgan fingerprint density at radius 3 is 2.81 bits per heavy atom. The molecular formula is C17H13N5O4S. The Morgan fingerprint density at radius 1 is 1.22 bits per heavy atom. The van der Waals surface area contributed by atoms with E-state index in [1.54, 1.807) is 35.0 Å². The van der Waals surface area contributed by atoms with Gasteiger partial charge in [0.25, 0.3) is 0 Å². The molecule has 0 atom stereocenters. The van der Waals surface area contributed by atoms with Crippen molar-refractivity contribution in [3.05, 3.63) is 42.4 Å². The van der Waals surface area contributed by atoms with Gasteiger partial charge in [0.15, 0.2) is 11.5 Å². The SMILES string of the molecule is CS(=O)(=O)c1nccc(-n2c(CC#N)cnc2-c2ccc3c(c2)OCO3)n1. The summed E-state index contributed by atoms with van der Waals surface area (Å²) >= 11 is 0. The second-order valence-corrected chi connectivity index (χ2v) is 7.69. The highest BCUT2D eigenvalue weighted by molar-refractivity contribution is 7.90. The van der Waals surface area contributed by atoms with Crippen LogP contribution >= 0.6 is 0 Å². The summed E-state index contributed by atoms with van der Waals surface area (Å²) in [4.78, 5) is 12.4. The zero-order chi connectivity index (χ0) is 19.0. The number of ether oxygens (including phenoxy) is 2. The first-order valence-electron chi connectivity index (χ1n) is 7.84. The molecule has 0 amide bonds. The first-order chi connectivity index (χ1) is 13.0. The summed E-state index contributed by atoms with van der Waals surface area (Å²) in [6, 6.07) is 8.99. The van der Waals surface area contributed by atoms with Crippen molar-refractivity contribution in [3.8, 4) is 34.8 Å². The van der Waals surface area contributed by atoms with Crippen LogP contribution in [0.5, 0.6) is 11.5 Å². The van der Waals surface area contributed by atoms with Crippen molar-refractivity contribution in [2.24, 2.45) is 0 Å². The molecule has 0 saturated carbocycles. The number of aromatic nitrogens is 4. The van der Waals surface area contributed by atoms with Crippen LogP contribution in [0.15, 0.2) is 41.8 Å². The topological polar surface area (TPSA) is 120 Å². The number of hydrogen-bond acceptors (Lipinski definition) is 8. The maximum atomic E-state index is 11.8. The van der Waals surface area contributed by atoms with Gasteiger partial charge < -0.3 is 9.47 Å². The van der Waals surface area contributed by atoms with Gasteiger partial charge in [0.2, 0.25) is 21.8 Å². The van der Waals surface area contributed by atoms with E-state index in [0.717, 1.165) is 6.26 Å². The van der Waals surface area contributed by atoms with Crippen molar-refractivity contribution >= 4 is 9.84 Å². The first-order valence-corrected chi connectivity index (χ1v) is 9.73. The van der Waals surface area contributed by atoms with E-state index in [1.807, 2.05) is 0 Å². The Morgan fingerprint density at radius 2 is 2.04 bits per heavy atom. The van der Waals surface area contributed by atoms with Crippen LogP contribution in [0, 0.1) is 11.3 Å². The molecule has 0 N–H and O–H groups in total. The molecule has 0 unspecified atom stereocenters. The molecule has 2 aromatic heterocycles. The number of nitrogens with zero attached hydrogens (tertiary/aromatic N) is 5. The molecule has 1 aliphatic heterocycles. The normalized spacial score (nSPS) is 12.7. The van der Waals surface area contributed by atoms with E-state index in [4.69, 9.17) is 14.7 Å². The molecule has 3 heterocycles. The third-order valence-electron chi connectivity index (χ3n) is 3.91. The summed E-state index contributed by atoms with van der Waals surface area (Å²) in [7, 11) is -3.58. The minimum Gasteiger partial charge on any atom is -0.454 e. The lowest BCUT2D eigenvalue weighted by molar-refractivity contribution is 0.174. The van der Waals surface area contributed by atoms with E-state index >= 15 is 0 Å². The fraction of sp³-hybridized carbons (Fsp3) is 0.176. The van der Waals surface area contributed by atoms with Crippen molar-refractivity contribution in [1.29, 1.82) is 5.26 Å². The molecule has 10 heteroatoms. The van der Waals surface area contributed by atoms with Crippen molar-refractivity contribution in [2.75, 3.05) is 13.0 Å². The minimum atomic E-state index is -3.58. The number of nitriles is 1. The van der Waals surface area contributed by atoms with Crippen LogP contribution in [0.1, 0.15) is 5.69 Å². The number of benzene rings is 1. The molecule has 0 spiro atoms. The van der Waals surface area contributed by atoms with Crippen LogP contribution in [0.2, 0.25) is 0 Å². The predicted molar refractivity (Wildman–Crippen MR) is 93.1 cm³/mol. The fourth-order valence-electron chi connectivity index (χ4n) is 2.72. The monoisotopic (exact) mass is 383 g/mol. The number of sulfone groups is 1. The molecule has 0 bridgehead atoms. The van der Waals surface area contributed by atoms with Crippen LogP contribution in [-0.2, 0) is 16.3 Å². The maximum Gasteiger partial charge on any atom is 0.248 e. The van der Waals surface area contributed by atoms with Crippen molar-refractivity contribution in [2.45, 2.75) is 11.6 Å². The molecule has 0 aliphatic carbocycles. The summed E-state index contributed by atoms with van der Waals surface area (Å²) in [5.74, 6) is 2.02. The number of hydrogen-bond donors (Lipinski definition) is 0. The molecule has 1 aliphatic rings. The number of rotatable bonds is 4. The highest BCUT2D eigenvalue weighted by atomic mass is 32.2. The van der Waals surface area contributed by atoms with E-state index in [9.17, 15) is 8.42 Å². The zero-order valence-corrected chi connectivity index (χ0v) is 15.0. The van der Waals surface area contributed by atoms with Crippen LogP contribution < -0.4 is 9.47 Å². The largest absolute Gasteiger partial charge is 0.454 e.